The number of hydrogen-bond donors (Lipinski definition) is 0. The van der Waals surface area contributed by atoms with E-state index in [4.69, 9.17) is 11.6 Å². The van der Waals surface area contributed by atoms with Gasteiger partial charge in [0, 0.05) is 6.07 Å². The molecule has 1 aromatic carbocycles. The molecule has 0 amide bonds. The molecule has 2 heterocycles. The van der Waals surface area contributed by atoms with Gasteiger partial charge in [0.05, 0.1) is 5.69 Å². The number of rotatable bonds is 1. The van der Waals surface area contributed by atoms with Crippen molar-refractivity contribution in [2.75, 3.05) is 0 Å². The van der Waals surface area contributed by atoms with Gasteiger partial charge in [-0.2, -0.15) is 0 Å². The van der Waals surface area contributed by atoms with E-state index in [9.17, 15) is 8.78 Å². The Morgan fingerprint density at radius 1 is 1.11 bits per heavy atom. The van der Waals surface area contributed by atoms with Crippen molar-refractivity contribution in [3.63, 3.8) is 0 Å². The molecule has 0 radical (unpaired) electrons. The number of imidazole rings is 1. The second-order valence-corrected chi connectivity index (χ2v) is 4.33. The molecule has 0 aliphatic carbocycles. The van der Waals surface area contributed by atoms with Crippen LogP contribution in [0.5, 0.6) is 0 Å². The van der Waals surface area contributed by atoms with Crippen LogP contribution in [0.15, 0.2) is 24.5 Å². The molecular weight excluding hydrogens is 274 g/mol. The van der Waals surface area contributed by atoms with E-state index in [1.165, 1.54) is 23.0 Å². The third kappa shape index (κ3) is 2.04. The maximum atomic E-state index is 13.2. The van der Waals surface area contributed by atoms with E-state index in [0.29, 0.717) is 17.0 Å². The van der Waals surface area contributed by atoms with Crippen LogP contribution >= 0.6 is 11.6 Å². The van der Waals surface area contributed by atoms with Crippen LogP contribution in [0.1, 0.15) is 5.82 Å². The first-order valence-electron chi connectivity index (χ1n) is 5.38. The molecule has 0 aliphatic rings. The van der Waals surface area contributed by atoms with Gasteiger partial charge < -0.3 is 0 Å². The topological polar surface area (TPSA) is 43.6 Å². The maximum Gasteiger partial charge on any atom is 0.169 e. The number of fused-ring (bicyclic) bond motifs is 1. The van der Waals surface area contributed by atoms with E-state index in [0.717, 1.165) is 6.07 Å². The van der Waals surface area contributed by atoms with Crippen LogP contribution in [0.4, 0.5) is 8.78 Å². The van der Waals surface area contributed by atoms with Gasteiger partial charge in [-0.15, -0.1) is 0 Å². The quantitative estimate of drug-likeness (QED) is 0.644. The van der Waals surface area contributed by atoms with Gasteiger partial charge in [-0.1, -0.05) is 11.6 Å². The minimum atomic E-state index is -0.672. The number of halogens is 3. The Hall–Kier alpha value is -2.08. The van der Waals surface area contributed by atoms with Crippen LogP contribution in [-0.4, -0.2) is 19.5 Å². The number of benzene rings is 1. The van der Waals surface area contributed by atoms with E-state index in [2.05, 4.69) is 15.0 Å². The third-order valence-electron chi connectivity index (χ3n) is 2.59. The van der Waals surface area contributed by atoms with Crippen molar-refractivity contribution in [1.82, 2.24) is 19.5 Å². The minimum absolute atomic E-state index is 0.207. The molecule has 0 bridgehead atoms. The highest BCUT2D eigenvalue weighted by molar-refractivity contribution is 6.33. The molecule has 0 atom stereocenters. The molecule has 3 rings (SSSR count). The molecule has 3 aromatic rings. The molecule has 0 aliphatic heterocycles. The summed E-state index contributed by atoms with van der Waals surface area (Å²) in [6.45, 7) is 1.68. The molecule has 4 nitrogen and oxygen atoms in total. The van der Waals surface area contributed by atoms with E-state index in [1.807, 2.05) is 0 Å². The molecule has 96 valence electrons. The summed E-state index contributed by atoms with van der Waals surface area (Å²) in [4.78, 5) is 12.2. The molecule has 2 aromatic heterocycles. The van der Waals surface area contributed by atoms with Crippen LogP contribution in [0.25, 0.3) is 16.9 Å². The van der Waals surface area contributed by atoms with Crippen molar-refractivity contribution in [1.29, 1.82) is 0 Å². The van der Waals surface area contributed by atoms with Gasteiger partial charge in [0.1, 0.15) is 29.3 Å². The lowest BCUT2D eigenvalue weighted by Gasteiger charge is -2.04. The van der Waals surface area contributed by atoms with Crippen LogP contribution in [0.2, 0.25) is 5.15 Å². The van der Waals surface area contributed by atoms with E-state index < -0.39 is 11.6 Å². The van der Waals surface area contributed by atoms with Crippen molar-refractivity contribution in [3.05, 3.63) is 47.1 Å². The summed E-state index contributed by atoms with van der Waals surface area (Å²) in [6.07, 6.45) is 1.40. The number of hydrogen-bond acceptors (Lipinski definition) is 3. The average Bonchev–Trinajstić information content (AvgIpc) is 2.71. The fourth-order valence-corrected chi connectivity index (χ4v) is 2.09. The first-order chi connectivity index (χ1) is 9.04. The van der Waals surface area contributed by atoms with Crippen LogP contribution in [-0.2, 0) is 0 Å². The smallest absolute Gasteiger partial charge is 0.169 e. The number of aryl methyl sites for hydroxylation is 1. The number of nitrogens with zero attached hydrogens (tertiary/aromatic N) is 4. The fraction of sp³-hybridized carbons (Fsp3) is 0.0833. The van der Waals surface area contributed by atoms with E-state index in [-0.39, 0.29) is 10.8 Å². The van der Waals surface area contributed by atoms with Crippen LogP contribution < -0.4 is 0 Å². The van der Waals surface area contributed by atoms with Gasteiger partial charge in [0.25, 0.3) is 0 Å². The predicted octanol–water partition coefficient (Wildman–Crippen LogP) is 3.06. The van der Waals surface area contributed by atoms with Crippen molar-refractivity contribution in [3.8, 4) is 5.69 Å². The highest BCUT2D eigenvalue weighted by Crippen LogP contribution is 2.22. The predicted molar refractivity (Wildman–Crippen MR) is 66.3 cm³/mol. The summed E-state index contributed by atoms with van der Waals surface area (Å²) in [5.41, 5.74) is 1.08. The summed E-state index contributed by atoms with van der Waals surface area (Å²) < 4.78 is 28.0. The Morgan fingerprint density at radius 2 is 1.79 bits per heavy atom. The Morgan fingerprint density at radius 3 is 2.47 bits per heavy atom. The zero-order valence-corrected chi connectivity index (χ0v) is 10.5. The molecule has 0 fully saturated rings. The Labute approximate surface area is 111 Å². The summed E-state index contributed by atoms with van der Waals surface area (Å²) in [7, 11) is 0. The van der Waals surface area contributed by atoms with Crippen LogP contribution in [0.3, 0.4) is 0 Å². The lowest BCUT2D eigenvalue weighted by Crippen LogP contribution is -1.98. The molecule has 0 N–H and O–H groups in total. The van der Waals surface area contributed by atoms with Crippen molar-refractivity contribution in [2.45, 2.75) is 6.92 Å². The lowest BCUT2D eigenvalue weighted by molar-refractivity contribution is 0.582. The second kappa shape index (κ2) is 4.24. The minimum Gasteiger partial charge on any atom is -0.283 e. The third-order valence-corrected chi connectivity index (χ3v) is 2.85. The average molecular weight is 281 g/mol. The maximum absolute atomic E-state index is 13.2. The zero-order valence-electron chi connectivity index (χ0n) is 9.73. The van der Waals surface area contributed by atoms with Gasteiger partial charge in [-0.3, -0.25) is 4.57 Å². The normalized spacial score (nSPS) is 11.2. The van der Waals surface area contributed by atoms with E-state index in [1.54, 1.807) is 6.92 Å². The van der Waals surface area contributed by atoms with Gasteiger partial charge in [0.15, 0.2) is 10.8 Å². The van der Waals surface area contributed by atoms with Gasteiger partial charge in [0.2, 0.25) is 0 Å². The SMILES string of the molecule is Cc1nc(Cl)c2ncn(-c3cc(F)cc(F)c3)c2n1. The first-order valence-corrected chi connectivity index (χ1v) is 5.76. The summed E-state index contributed by atoms with van der Waals surface area (Å²) in [6, 6.07) is 3.18. The highest BCUT2D eigenvalue weighted by Gasteiger charge is 2.12. The summed E-state index contributed by atoms with van der Waals surface area (Å²) >= 11 is 5.95. The van der Waals surface area contributed by atoms with Gasteiger partial charge in [-0.25, -0.2) is 23.7 Å². The standard InChI is InChI=1S/C12H7ClF2N4/c1-6-17-11(13)10-12(18-6)19(5-16-10)9-3-7(14)2-8(15)4-9/h2-5H,1H3. The Bertz CT molecular complexity index is 764. The summed E-state index contributed by atoms with van der Waals surface area (Å²) in [5.74, 6) is -0.890. The lowest BCUT2D eigenvalue weighted by atomic mass is 10.3. The zero-order chi connectivity index (χ0) is 13.6. The van der Waals surface area contributed by atoms with Crippen LogP contribution in [0, 0.1) is 18.6 Å². The number of aromatic nitrogens is 4. The fourth-order valence-electron chi connectivity index (χ4n) is 1.83. The summed E-state index contributed by atoms with van der Waals surface area (Å²) in [5, 5.41) is 0.207. The first kappa shape index (κ1) is 12.0. The highest BCUT2D eigenvalue weighted by atomic mass is 35.5. The Kier molecular flexibility index (Phi) is 2.67. The molecule has 0 saturated heterocycles. The molecular formula is C12H7ClF2N4. The van der Waals surface area contributed by atoms with Crippen molar-refractivity contribution >= 4 is 22.8 Å². The second-order valence-electron chi connectivity index (χ2n) is 3.98. The Balaban J connectivity index is 2.31. The molecule has 7 heteroatoms. The largest absolute Gasteiger partial charge is 0.283 e. The monoisotopic (exact) mass is 280 g/mol. The van der Waals surface area contributed by atoms with Crippen molar-refractivity contribution in [2.24, 2.45) is 0 Å². The van der Waals surface area contributed by atoms with Gasteiger partial charge >= 0.3 is 0 Å². The van der Waals surface area contributed by atoms with Gasteiger partial charge in [-0.05, 0) is 19.1 Å². The van der Waals surface area contributed by atoms with E-state index >= 15 is 0 Å². The van der Waals surface area contributed by atoms with Crippen molar-refractivity contribution < 1.29 is 8.78 Å². The molecule has 0 unspecified atom stereocenters. The molecule has 19 heavy (non-hydrogen) atoms. The molecule has 0 spiro atoms. The molecule has 0 saturated carbocycles.